The van der Waals surface area contributed by atoms with Crippen molar-refractivity contribution in [3.05, 3.63) is 94.5 Å². The lowest BCUT2D eigenvalue weighted by atomic mass is 10.1. The van der Waals surface area contributed by atoms with Gasteiger partial charge < -0.3 is 5.32 Å². The highest BCUT2D eigenvalue weighted by atomic mass is 35.5. The number of nitrogens with one attached hydrogen (secondary N) is 1. The number of hydrogen-bond acceptors (Lipinski definition) is 3. The fraction of sp³-hybridized carbons (Fsp3) is 0.269. The van der Waals surface area contributed by atoms with Crippen LogP contribution in [-0.4, -0.2) is 27.4 Å². The van der Waals surface area contributed by atoms with Gasteiger partial charge in [0.2, 0.25) is 5.91 Å². The van der Waals surface area contributed by atoms with Crippen molar-refractivity contribution >= 4 is 33.2 Å². The van der Waals surface area contributed by atoms with Gasteiger partial charge in [0.25, 0.3) is 10.0 Å². The quantitative estimate of drug-likeness (QED) is 0.404. The lowest BCUT2D eigenvalue weighted by molar-refractivity contribution is -0.119. The molecular formula is C26H29ClN2O3S. The Morgan fingerprint density at radius 3 is 2.24 bits per heavy atom. The van der Waals surface area contributed by atoms with E-state index in [1.807, 2.05) is 50.2 Å². The number of amides is 1. The maximum atomic E-state index is 13.5. The normalized spacial score (nSPS) is 11.2. The zero-order valence-electron chi connectivity index (χ0n) is 18.9. The Bertz CT molecular complexity index is 1190. The summed E-state index contributed by atoms with van der Waals surface area (Å²) in [6.45, 7) is 4.00. The molecule has 0 unspecified atom stereocenters. The van der Waals surface area contributed by atoms with Gasteiger partial charge in [-0.3, -0.25) is 9.10 Å². The van der Waals surface area contributed by atoms with E-state index in [9.17, 15) is 13.2 Å². The van der Waals surface area contributed by atoms with Crippen LogP contribution >= 0.6 is 11.6 Å². The Balaban J connectivity index is 1.76. The van der Waals surface area contributed by atoms with Crippen molar-refractivity contribution in [2.75, 3.05) is 17.4 Å². The van der Waals surface area contributed by atoms with Gasteiger partial charge in [-0.1, -0.05) is 72.6 Å². The number of sulfonamides is 1. The molecular weight excluding hydrogens is 456 g/mol. The Morgan fingerprint density at radius 2 is 1.58 bits per heavy atom. The Kier molecular flexibility index (Phi) is 8.53. The van der Waals surface area contributed by atoms with Gasteiger partial charge in [0.1, 0.15) is 6.54 Å². The molecule has 0 aliphatic carbocycles. The second-order valence-electron chi connectivity index (χ2n) is 7.85. The number of carbonyl (C=O) groups excluding carboxylic acids is 1. The summed E-state index contributed by atoms with van der Waals surface area (Å²) >= 11 is 6.19. The number of para-hydroxylation sites is 1. The number of hydrogen-bond donors (Lipinski definition) is 1. The first-order chi connectivity index (χ1) is 15.8. The predicted octanol–water partition coefficient (Wildman–Crippen LogP) is 5.16. The van der Waals surface area contributed by atoms with Crippen LogP contribution in [-0.2, 0) is 27.7 Å². The molecule has 0 saturated heterocycles. The first-order valence-electron chi connectivity index (χ1n) is 11.0. The summed E-state index contributed by atoms with van der Waals surface area (Å²) in [7, 11) is -3.92. The SMILES string of the molecule is CCc1ccccc1N(CC(=O)NCCCc1ccccc1Cl)S(=O)(=O)c1ccc(C)cc1. The second kappa shape index (κ2) is 11.3. The summed E-state index contributed by atoms with van der Waals surface area (Å²) in [6.07, 6.45) is 2.07. The average Bonchev–Trinajstić information content (AvgIpc) is 2.81. The molecule has 0 atom stereocenters. The van der Waals surface area contributed by atoms with Gasteiger partial charge in [0, 0.05) is 11.6 Å². The van der Waals surface area contributed by atoms with Gasteiger partial charge >= 0.3 is 0 Å². The van der Waals surface area contributed by atoms with Gasteiger partial charge in [-0.2, -0.15) is 0 Å². The molecule has 0 saturated carbocycles. The van der Waals surface area contributed by atoms with Crippen LogP contribution in [0.4, 0.5) is 5.69 Å². The van der Waals surface area contributed by atoms with Crippen molar-refractivity contribution in [3.63, 3.8) is 0 Å². The lowest BCUT2D eigenvalue weighted by Gasteiger charge is -2.26. The fourth-order valence-electron chi connectivity index (χ4n) is 3.58. The first kappa shape index (κ1) is 24.8. The molecule has 1 N–H and O–H groups in total. The van der Waals surface area contributed by atoms with Gasteiger partial charge in [0.05, 0.1) is 10.6 Å². The molecule has 5 nitrogen and oxygen atoms in total. The molecule has 0 radical (unpaired) electrons. The number of anilines is 1. The predicted molar refractivity (Wildman–Crippen MR) is 134 cm³/mol. The summed E-state index contributed by atoms with van der Waals surface area (Å²) in [5.41, 5.74) is 3.37. The van der Waals surface area contributed by atoms with Crippen LogP contribution in [0.1, 0.15) is 30.0 Å². The average molecular weight is 485 g/mol. The summed E-state index contributed by atoms with van der Waals surface area (Å²) < 4.78 is 28.3. The van der Waals surface area contributed by atoms with Crippen LogP contribution in [0, 0.1) is 6.92 Å². The highest BCUT2D eigenvalue weighted by Crippen LogP contribution is 2.27. The van der Waals surface area contributed by atoms with Crippen molar-refractivity contribution in [1.29, 1.82) is 0 Å². The summed E-state index contributed by atoms with van der Waals surface area (Å²) in [6, 6.07) is 21.6. The van der Waals surface area contributed by atoms with E-state index in [1.54, 1.807) is 36.4 Å². The topological polar surface area (TPSA) is 66.5 Å². The number of halogens is 1. The minimum absolute atomic E-state index is 0.158. The second-order valence-corrected chi connectivity index (χ2v) is 10.1. The molecule has 1 amide bonds. The maximum Gasteiger partial charge on any atom is 0.264 e. The Labute approximate surface area is 201 Å². The van der Waals surface area contributed by atoms with Crippen LogP contribution in [0.2, 0.25) is 5.02 Å². The fourth-order valence-corrected chi connectivity index (χ4v) is 5.27. The van der Waals surface area contributed by atoms with Crippen LogP contribution < -0.4 is 9.62 Å². The molecule has 3 aromatic carbocycles. The van der Waals surface area contributed by atoms with E-state index in [1.165, 1.54) is 4.31 Å². The van der Waals surface area contributed by atoms with E-state index >= 15 is 0 Å². The van der Waals surface area contributed by atoms with Gasteiger partial charge in [-0.05, 0) is 61.6 Å². The molecule has 0 spiro atoms. The minimum Gasteiger partial charge on any atom is -0.355 e. The summed E-state index contributed by atoms with van der Waals surface area (Å²) in [4.78, 5) is 13.0. The molecule has 0 heterocycles. The van der Waals surface area contributed by atoms with E-state index in [0.717, 1.165) is 23.1 Å². The molecule has 7 heteroatoms. The number of benzene rings is 3. The third-order valence-corrected chi connectivity index (χ3v) is 7.58. The van der Waals surface area contributed by atoms with Crippen molar-refractivity contribution < 1.29 is 13.2 Å². The lowest BCUT2D eigenvalue weighted by Crippen LogP contribution is -2.41. The van der Waals surface area contributed by atoms with Crippen molar-refractivity contribution in [2.45, 2.75) is 38.0 Å². The molecule has 0 aromatic heterocycles. The molecule has 0 aliphatic heterocycles. The smallest absolute Gasteiger partial charge is 0.264 e. The van der Waals surface area contributed by atoms with Crippen LogP contribution in [0.3, 0.4) is 0 Å². The third-order valence-electron chi connectivity index (χ3n) is 5.44. The van der Waals surface area contributed by atoms with Gasteiger partial charge in [-0.15, -0.1) is 0 Å². The number of nitrogens with zero attached hydrogens (tertiary/aromatic N) is 1. The first-order valence-corrected chi connectivity index (χ1v) is 12.8. The van der Waals surface area contributed by atoms with E-state index in [2.05, 4.69) is 5.32 Å². The summed E-state index contributed by atoms with van der Waals surface area (Å²) in [5.74, 6) is -0.351. The Hall–Kier alpha value is -2.83. The van der Waals surface area contributed by atoms with E-state index in [4.69, 9.17) is 11.6 Å². The summed E-state index contributed by atoms with van der Waals surface area (Å²) in [5, 5.41) is 3.56. The minimum atomic E-state index is -3.92. The molecule has 0 bridgehead atoms. The molecule has 0 fully saturated rings. The number of aryl methyl sites for hydroxylation is 3. The third kappa shape index (κ3) is 6.36. The van der Waals surface area contributed by atoms with E-state index in [0.29, 0.717) is 30.1 Å². The van der Waals surface area contributed by atoms with Crippen LogP contribution in [0.5, 0.6) is 0 Å². The van der Waals surface area contributed by atoms with Crippen molar-refractivity contribution in [2.24, 2.45) is 0 Å². The van der Waals surface area contributed by atoms with E-state index < -0.39 is 10.0 Å². The number of carbonyl (C=O) groups is 1. The van der Waals surface area contributed by atoms with Crippen molar-refractivity contribution in [1.82, 2.24) is 5.32 Å². The Morgan fingerprint density at radius 1 is 0.939 bits per heavy atom. The van der Waals surface area contributed by atoms with Gasteiger partial charge in [0.15, 0.2) is 0 Å². The van der Waals surface area contributed by atoms with Crippen molar-refractivity contribution in [3.8, 4) is 0 Å². The van der Waals surface area contributed by atoms with Crippen LogP contribution in [0.15, 0.2) is 77.7 Å². The monoisotopic (exact) mass is 484 g/mol. The van der Waals surface area contributed by atoms with E-state index in [-0.39, 0.29) is 17.3 Å². The molecule has 3 aromatic rings. The largest absolute Gasteiger partial charge is 0.355 e. The highest BCUT2D eigenvalue weighted by Gasteiger charge is 2.28. The maximum absolute atomic E-state index is 13.5. The number of rotatable bonds is 10. The standard InChI is InChI=1S/C26H29ClN2O3S/c1-3-21-9-5-7-13-25(21)29(33(31,32)23-16-14-20(2)15-17-23)19-26(30)28-18-8-11-22-10-4-6-12-24(22)27/h4-7,9-10,12-17H,3,8,11,18-19H2,1-2H3,(H,28,30). The molecule has 174 valence electrons. The zero-order chi connectivity index (χ0) is 23.8. The zero-order valence-corrected chi connectivity index (χ0v) is 20.5. The highest BCUT2D eigenvalue weighted by molar-refractivity contribution is 7.92. The van der Waals surface area contributed by atoms with Gasteiger partial charge in [-0.25, -0.2) is 8.42 Å². The molecule has 33 heavy (non-hydrogen) atoms. The molecule has 0 aliphatic rings. The van der Waals surface area contributed by atoms with Crippen LogP contribution in [0.25, 0.3) is 0 Å². The molecule has 3 rings (SSSR count).